The molecule has 0 aliphatic heterocycles. The Morgan fingerprint density at radius 1 is 1.42 bits per heavy atom. The van der Waals surface area contributed by atoms with E-state index in [2.05, 4.69) is 0 Å². The Kier molecular flexibility index (Phi) is 4.89. The van der Waals surface area contributed by atoms with Crippen molar-refractivity contribution < 1.29 is 19.0 Å². The summed E-state index contributed by atoms with van der Waals surface area (Å²) in [5.74, 6) is -1.45. The zero-order chi connectivity index (χ0) is 14.6. The van der Waals surface area contributed by atoms with Crippen molar-refractivity contribution in [1.82, 2.24) is 4.90 Å². The van der Waals surface area contributed by atoms with Crippen molar-refractivity contribution in [1.29, 1.82) is 0 Å². The molecule has 0 fully saturated rings. The highest BCUT2D eigenvalue weighted by Gasteiger charge is 2.40. The van der Waals surface area contributed by atoms with Crippen LogP contribution in [0.1, 0.15) is 26.3 Å². The van der Waals surface area contributed by atoms with E-state index in [9.17, 15) is 14.3 Å². The van der Waals surface area contributed by atoms with Crippen LogP contribution < -0.4 is 4.74 Å². The summed E-state index contributed by atoms with van der Waals surface area (Å²) in [6.45, 7) is 6.47. The maximum absolute atomic E-state index is 13.8. The Labute approximate surface area is 112 Å². The first-order chi connectivity index (χ1) is 8.91. The van der Waals surface area contributed by atoms with Gasteiger partial charge >= 0.3 is 5.97 Å². The van der Waals surface area contributed by atoms with E-state index in [0.717, 1.165) is 0 Å². The largest absolute Gasteiger partial charge is 0.494 e. The first-order valence-corrected chi connectivity index (χ1v) is 6.24. The van der Waals surface area contributed by atoms with E-state index < -0.39 is 17.3 Å². The molecule has 4 nitrogen and oxygen atoms in total. The quantitative estimate of drug-likeness (QED) is 0.862. The maximum atomic E-state index is 13.8. The molecule has 0 heterocycles. The van der Waals surface area contributed by atoms with Crippen molar-refractivity contribution in [2.24, 2.45) is 0 Å². The van der Waals surface area contributed by atoms with Crippen LogP contribution in [0, 0.1) is 5.82 Å². The van der Waals surface area contributed by atoms with Gasteiger partial charge in [-0.15, -0.1) is 0 Å². The van der Waals surface area contributed by atoms with E-state index in [0.29, 0.717) is 18.7 Å². The molecule has 5 heteroatoms. The number of carbonyl (C=O) groups is 1. The molecule has 0 saturated carbocycles. The van der Waals surface area contributed by atoms with Gasteiger partial charge in [0, 0.05) is 0 Å². The minimum atomic E-state index is -1.25. The first kappa shape index (κ1) is 15.4. The Morgan fingerprint density at radius 3 is 2.37 bits per heavy atom. The van der Waals surface area contributed by atoms with E-state index in [1.807, 2.05) is 13.8 Å². The zero-order valence-corrected chi connectivity index (χ0v) is 11.7. The highest BCUT2D eigenvalue weighted by molar-refractivity contribution is 5.80. The van der Waals surface area contributed by atoms with Crippen molar-refractivity contribution in [3.8, 4) is 5.75 Å². The fourth-order valence-corrected chi connectivity index (χ4v) is 2.27. The standard InChI is InChI=1S/C14H20FNO3/c1-5-16(6-2)14(3,13(17)18)10-7-8-12(19-4)11(15)9-10/h7-9H,5-6H2,1-4H3,(H,17,18). The molecule has 1 N–H and O–H groups in total. The van der Waals surface area contributed by atoms with Crippen LogP contribution in [-0.2, 0) is 10.3 Å². The Hall–Kier alpha value is -1.62. The third-order valence-corrected chi connectivity index (χ3v) is 3.53. The number of ether oxygens (including phenoxy) is 1. The Bertz CT molecular complexity index is 460. The maximum Gasteiger partial charge on any atom is 0.328 e. The molecule has 0 aliphatic rings. The van der Waals surface area contributed by atoms with Gasteiger partial charge in [-0.05, 0) is 37.7 Å². The molecular weight excluding hydrogens is 249 g/mol. The number of carboxylic acids is 1. The summed E-state index contributed by atoms with van der Waals surface area (Å²) in [6.07, 6.45) is 0. The van der Waals surface area contributed by atoms with Gasteiger partial charge in [-0.2, -0.15) is 0 Å². The first-order valence-electron chi connectivity index (χ1n) is 6.24. The third kappa shape index (κ3) is 2.71. The molecule has 1 aromatic rings. The topological polar surface area (TPSA) is 49.8 Å². The molecule has 0 aromatic heterocycles. The molecule has 19 heavy (non-hydrogen) atoms. The zero-order valence-electron chi connectivity index (χ0n) is 11.7. The summed E-state index contributed by atoms with van der Waals surface area (Å²) in [4.78, 5) is 13.4. The summed E-state index contributed by atoms with van der Waals surface area (Å²) in [5, 5.41) is 9.54. The molecule has 1 rings (SSSR count). The molecule has 0 amide bonds. The van der Waals surface area contributed by atoms with Gasteiger partial charge in [-0.1, -0.05) is 19.9 Å². The molecule has 0 bridgehead atoms. The molecule has 1 unspecified atom stereocenters. The summed E-state index contributed by atoms with van der Waals surface area (Å²) in [6, 6.07) is 4.27. The summed E-state index contributed by atoms with van der Waals surface area (Å²) in [5.41, 5.74) is -0.849. The van der Waals surface area contributed by atoms with Crippen LogP contribution in [0.4, 0.5) is 4.39 Å². The van der Waals surface area contributed by atoms with E-state index in [1.54, 1.807) is 17.9 Å². The van der Waals surface area contributed by atoms with Gasteiger partial charge in [0.1, 0.15) is 5.54 Å². The molecule has 1 atom stereocenters. The van der Waals surface area contributed by atoms with Gasteiger partial charge in [-0.3, -0.25) is 4.90 Å². The second-order valence-corrected chi connectivity index (χ2v) is 4.40. The van der Waals surface area contributed by atoms with Crippen LogP contribution >= 0.6 is 0 Å². The van der Waals surface area contributed by atoms with Crippen molar-refractivity contribution in [2.75, 3.05) is 20.2 Å². The van der Waals surface area contributed by atoms with Crippen molar-refractivity contribution in [2.45, 2.75) is 26.3 Å². The van der Waals surface area contributed by atoms with Crippen LogP contribution in [-0.4, -0.2) is 36.2 Å². The monoisotopic (exact) mass is 269 g/mol. The van der Waals surface area contributed by atoms with Crippen molar-refractivity contribution in [3.05, 3.63) is 29.6 Å². The number of hydrogen-bond donors (Lipinski definition) is 1. The van der Waals surface area contributed by atoms with Crippen LogP contribution in [0.5, 0.6) is 5.75 Å². The molecule has 1 aromatic carbocycles. The van der Waals surface area contributed by atoms with E-state index in [4.69, 9.17) is 4.74 Å². The second-order valence-electron chi connectivity index (χ2n) is 4.40. The predicted molar refractivity (Wildman–Crippen MR) is 70.9 cm³/mol. The number of nitrogens with zero attached hydrogens (tertiary/aromatic N) is 1. The van der Waals surface area contributed by atoms with Gasteiger partial charge < -0.3 is 9.84 Å². The number of halogens is 1. The lowest BCUT2D eigenvalue weighted by atomic mass is 9.89. The van der Waals surface area contributed by atoms with Crippen LogP contribution in [0.2, 0.25) is 0 Å². The number of carboxylic acid groups (broad SMARTS) is 1. The number of rotatable bonds is 6. The average molecular weight is 269 g/mol. The van der Waals surface area contributed by atoms with Crippen LogP contribution in [0.25, 0.3) is 0 Å². The lowest BCUT2D eigenvalue weighted by molar-refractivity contribution is -0.151. The average Bonchev–Trinajstić information content (AvgIpc) is 2.39. The predicted octanol–water partition coefficient (Wildman–Crippen LogP) is 2.48. The molecule has 0 radical (unpaired) electrons. The fourth-order valence-electron chi connectivity index (χ4n) is 2.27. The van der Waals surface area contributed by atoms with Gasteiger partial charge in [0.25, 0.3) is 0 Å². The smallest absolute Gasteiger partial charge is 0.328 e. The minimum Gasteiger partial charge on any atom is -0.494 e. The second kappa shape index (κ2) is 6.02. The third-order valence-electron chi connectivity index (χ3n) is 3.53. The molecule has 0 aliphatic carbocycles. The van der Waals surface area contributed by atoms with Gasteiger partial charge in [0.15, 0.2) is 11.6 Å². The van der Waals surface area contributed by atoms with Crippen molar-refractivity contribution in [3.63, 3.8) is 0 Å². The lowest BCUT2D eigenvalue weighted by Gasteiger charge is -2.37. The van der Waals surface area contributed by atoms with Crippen LogP contribution in [0.15, 0.2) is 18.2 Å². The van der Waals surface area contributed by atoms with Gasteiger partial charge in [-0.25, -0.2) is 9.18 Å². The minimum absolute atomic E-state index is 0.107. The molecular formula is C14H20FNO3. The molecule has 106 valence electrons. The van der Waals surface area contributed by atoms with Gasteiger partial charge in [0.2, 0.25) is 0 Å². The number of benzene rings is 1. The lowest BCUT2D eigenvalue weighted by Crippen LogP contribution is -2.49. The number of aliphatic carboxylic acids is 1. The Balaban J connectivity index is 3.34. The van der Waals surface area contributed by atoms with Crippen LogP contribution in [0.3, 0.4) is 0 Å². The summed E-state index contributed by atoms with van der Waals surface area (Å²) in [7, 11) is 1.37. The number of methoxy groups -OCH3 is 1. The highest BCUT2D eigenvalue weighted by Crippen LogP contribution is 2.31. The van der Waals surface area contributed by atoms with E-state index >= 15 is 0 Å². The number of hydrogen-bond acceptors (Lipinski definition) is 3. The SMILES string of the molecule is CCN(CC)C(C)(C(=O)O)c1ccc(OC)c(F)c1. The Morgan fingerprint density at radius 2 is 2.00 bits per heavy atom. The van der Waals surface area contributed by atoms with Crippen molar-refractivity contribution >= 4 is 5.97 Å². The van der Waals surface area contributed by atoms with E-state index in [-0.39, 0.29) is 5.75 Å². The highest BCUT2D eigenvalue weighted by atomic mass is 19.1. The molecule has 0 saturated heterocycles. The number of likely N-dealkylation sites (N-methyl/N-ethyl adjacent to an activating group) is 1. The molecule has 0 spiro atoms. The summed E-state index contributed by atoms with van der Waals surface area (Å²) >= 11 is 0. The normalized spacial score (nSPS) is 14.2. The van der Waals surface area contributed by atoms with E-state index in [1.165, 1.54) is 19.2 Å². The summed E-state index contributed by atoms with van der Waals surface area (Å²) < 4.78 is 18.6. The van der Waals surface area contributed by atoms with Gasteiger partial charge in [0.05, 0.1) is 7.11 Å². The fraction of sp³-hybridized carbons (Fsp3) is 0.500.